The molecule has 1 heterocycles. The maximum Gasteiger partial charge on any atom is 0.247 e. The molecule has 1 atom stereocenters. The van der Waals surface area contributed by atoms with Crippen LogP contribution in [0.3, 0.4) is 0 Å². The Balaban J connectivity index is 1.78. The van der Waals surface area contributed by atoms with Crippen LogP contribution in [0.15, 0.2) is 46.9 Å². The number of ether oxygens (including phenoxy) is 2. The number of rotatable bonds is 6. The highest BCUT2D eigenvalue weighted by Gasteiger charge is 2.16. The zero-order valence-corrected chi connectivity index (χ0v) is 14.7. The molecular formula is C19H21N3O3. The topological polar surface area (TPSA) is 69.4 Å². The molecule has 0 aliphatic rings. The van der Waals surface area contributed by atoms with Crippen molar-refractivity contribution in [1.82, 2.24) is 10.2 Å². The van der Waals surface area contributed by atoms with Gasteiger partial charge >= 0.3 is 0 Å². The molecule has 0 saturated heterocycles. The maximum atomic E-state index is 5.81. The molecule has 0 amide bonds. The number of nitrogens with zero attached hydrogens (tertiary/aromatic N) is 2. The molecule has 3 aromatic rings. The van der Waals surface area contributed by atoms with Gasteiger partial charge in [-0.15, -0.1) is 10.2 Å². The second kappa shape index (κ2) is 7.25. The average molecular weight is 339 g/mol. The van der Waals surface area contributed by atoms with Gasteiger partial charge in [-0.25, -0.2) is 0 Å². The predicted molar refractivity (Wildman–Crippen MR) is 96.1 cm³/mol. The van der Waals surface area contributed by atoms with Crippen molar-refractivity contribution in [3.63, 3.8) is 0 Å². The minimum absolute atomic E-state index is 0.172. The van der Waals surface area contributed by atoms with Crippen LogP contribution in [0.1, 0.15) is 24.4 Å². The van der Waals surface area contributed by atoms with Crippen molar-refractivity contribution in [2.24, 2.45) is 0 Å². The number of benzene rings is 2. The standard InChI is InChI=1S/C19H21N3O3/c1-12-5-7-14(8-6-12)19-22-21-18(25-19)13(2)20-16-10-9-15(23-3)11-17(16)24-4/h5-11,13,20H,1-4H3/t13-/m1/s1. The normalized spacial score (nSPS) is 11.8. The Morgan fingerprint density at radius 3 is 2.44 bits per heavy atom. The maximum absolute atomic E-state index is 5.81. The lowest BCUT2D eigenvalue weighted by Gasteiger charge is -2.15. The van der Waals surface area contributed by atoms with E-state index in [-0.39, 0.29) is 6.04 Å². The Hall–Kier alpha value is -3.02. The van der Waals surface area contributed by atoms with Gasteiger partial charge in [0, 0.05) is 11.6 Å². The highest BCUT2D eigenvalue weighted by atomic mass is 16.5. The minimum Gasteiger partial charge on any atom is -0.497 e. The molecule has 6 nitrogen and oxygen atoms in total. The van der Waals surface area contributed by atoms with E-state index in [1.54, 1.807) is 14.2 Å². The summed E-state index contributed by atoms with van der Waals surface area (Å²) in [6.45, 7) is 3.99. The third-order valence-corrected chi connectivity index (χ3v) is 3.89. The molecule has 3 rings (SSSR count). The number of hydrogen-bond donors (Lipinski definition) is 1. The van der Waals surface area contributed by atoms with Gasteiger partial charge in [-0.05, 0) is 38.1 Å². The first-order valence-corrected chi connectivity index (χ1v) is 7.99. The summed E-state index contributed by atoms with van der Waals surface area (Å²) in [7, 11) is 3.24. The highest BCUT2D eigenvalue weighted by molar-refractivity contribution is 5.60. The van der Waals surface area contributed by atoms with Crippen molar-refractivity contribution in [2.75, 3.05) is 19.5 Å². The van der Waals surface area contributed by atoms with Crippen molar-refractivity contribution in [3.05, 3.63) is 53.9 Å². The molecule has 0 radical (unpaired) electrons. The summed E-state index contributed by atoms with van der Waals surface area (Å²) >= 11 is 0. The van der Waals surface area contributed by atoms with Crippen LogP contribution in [0.4, 0.5) is 5.69 Å². The molecule has 0 aliphatic carbocycles. The minimum atomic E-state index is -0.172. The fourth-order valence-electron chi connectivity index (χ4n) is 2.44. The number of aryl methyl sites for hydroxylation is 1. The Morgan fingerprint density at radius 1 is 1.00 bits per heavy atom. The molecular weight excluding hydrogens is 318 g/mol. The summed E-state index contributed by atoms with van der Waals surface area (Å²) in [5, 5.41) is 11.6. The fraction of sp³-hybridized carbons (Fsp3) is 0.263. The van der Waals surface area contributed by atoms with Gasteiger partial charge in [0.15, 0.2) is 0 Å². The molecule has 2 aromatic carbocycles. The zero-order chi connectivity index (χ0) is 17.8. The molecule has 0 spiro atoms. The summed E-state index contributed by atoms with van der Waals surface area (Å²) in [4.78, 5) is 0. The summed E-state index contributed by atoms with van der Waals surface area (Å²) in [5.41, 5.74) is 2.91. The number of nitrogens with one attached hydrogen (secondary N) is 1. The Kier molecular flexibility index (Phi) is 4.88. The van der Waals surface area contributed by atoms with Gasteiger partial charge in [0.05, 0.1) is 19.9 Å². The SMILES string of the molecule is COc1ccc(N[C@H](C)c2nnc(-c3ccc(C)cc3)o2)c(OC)c1. The molecule has 1 aromatic heterocycles. The van der Waals surface area contributed by atoms with E-state index in [1.807, 2.05) is 56.3 Å². The number of aromatic nitrogens is 2. The van der Waals surface area contributed by atoms with Gasteiger partial charge in [0.1, 0.15) is 17.5 Å². The van der Waals surface area contributed by atoms with Crippen LogP contribution < -0.4 is 14.8 Å². The molecule has 0 fully saturated rings. The van der Waals surface area contributed by atoms with Crippen molar-refractivity contribution >= 4 is 5.69 Å². The van der Waals surface area contributed by atoms with Crippen LogP contribution in [0.5, 0.6) is 11.5 Å². The van der Waals surface area contributed by atoms with Gasteiger partial charge in [-0.1, -0.05) is 17.7 Å². The largest absolute Gasteiger partial charge is 0.497 e. The second-order valence-corrected chi connectivity index (χ2v) is 5.74. The first-order chi connectivity index (χ1) is 12.1. The van der Waals surface area contributed by atoms with Crippen molar-refractivity contribution in [2.45, 2.75) is 19.9 Å². The van der Waals surface area contributed by atoms with E-state index < -0.39 is 0 Å². The van der Waals surface area contributed by atoms with Crippen LogP contribution in [0.25, 0.3) is 11.5 Å². The predicted octanol–water partition coefficient (Wildman–Crippen LogP) is 4.24. The van der Waals surface area contributed by atoms with E-state index in [0.29, 0.717) is 17.5 Å². The van der Waals surface area contributed by atoms with E-state index in [2.05, 4.69) is 15.5 Å². The van der Waals surface area contributed by atoms with Gasteiger partial charge in [0.2, 0.25) is 11.8 Å². The van der Waals surface area contributed by atoms with Crippen LogP contribution in [0, 0.1) is 6.92 Å². The number of anilines is 1. The monoisotopic (exact) mass is 339 g/mol. The molecule has 6 heteroatoms. The van der Waals surface area contributed by atoms with Crippen LogP contribution in [-0.4, -0.2) is 24.4 Å². The zero-order valence-electron chi connectivity index (χ0n) is 14.7. The van der Waals surface area contributed by atoms with Crippen LogP contribution >= 0.6 is 0 Å². The van der Waals surface area contributed by atoms with E-state index in [0.717, 1.165) is 17.0 Å². The molecule has 1 N–H and O–H groups in total. The summed E-state index contributed by atoms with van der Waals surface area (Å²) in [6, 6.07) is 13.4. The van der Waals surface area contributed by atoms with E-state index in [9.17, 15) is 0 Å². The first-order valence-electron chi connectivity index (χ1n) is 7.99. The molecule has 0 saturated carbocycles. The van der Waals surface area contributed by atoms with Crippen molar-refractivity contribution in [1.29, 1.82) is 0 Å². The molecule has 0 aliphatic heterocycles. The Morgan fingerprint density at radius 2 is 1.76 bits per heavy atom. The quantitative estimate of drug-likeness (QED) is 0.724. The number of methoxy groups -OCH3 is 2. The second-order valence-electron chi connectivity index (χ2n) is 5.74. The van der Waals surface area contributed by atoms with Crippen LogP contribution in [0.2, 0.25) is 0 Å². The van der Waals surface area contributed by atoms with Crippen molar-refractivity contribution < 1.29 is 13.9 Å². The lowest BCUT2D eigenvalue weighted by atomic mass is 10.1. The van der Waals surface area contributed by atoms with Gasteiger partial charge in [-0.2, -0.15) is 0 Å². The number of hydrogen-bond acceptors (Lipinski definition) is 6. The highest BCUT2D eigenvalue weighted by Crippen LogP contribution is 2.32. The summed E-state index contributed by atoms with van der Waals surface area (Å²) in [6.07, 6.45) is 0. The first kappa shape index (κ1) is 16.8. The fourth-order valence-corrected chi connectivity index (χ4v) is 2.44. The van der Waals surface area contributed by atoms with Gasteiger partial charge in [0.25, 0.3) is 0 Å². The molecule has 0 unspecified atom stereocenters. The lowest BCUT2D eigenvalue weighted by molar-refractivity contribution is 0.395. The van der Waals surface area contributed by atoms with E-state index in [1.165, 1.54) is 5.56 Å². The van der Waals surface area contributed by atoms with E-state index in [4.69, 9.17) is 13.9 Å². The van der Waals surface area contributed by atoms with Crippen molar-refractivity contribution in [3.8, 4) is 23.0 Å². The molecule has 0 bridgehead atoms. The summed E-state index contributed by atoms with van der Waals surface area (Å²) in [5.74, 6) is 2.43. The van der Waals surface area contributed by atoms with Gasteiger partial charge in [-0.3, -0.25) is 0 Å². The Bertz CT molecular complexity index is 843. The molecule has 130 valence electrons. The molecule has 25 heavy (non-hydrogen) atoms. The summed E-state index contributed by atoms with van der Waals surface area (Å²) < 4.78 is 16.4. The smallest absolute Gasteiger partial charge is 0.247 e. The van der Waals surface area contributed by atoms with Crippen LogP contribution in [-0.2, 0) is 0 Å². The third kappa shape index (κ3) is 3.74. The third-order valence-electron chi connectivity index (χ3n) is 3.89. The average Bonchev–Trinajstić information content (AvgIpc) is 3.13. The Labute approximate surface area is 146 Å². The lowest BCUT2D eigenvalue weighted by Crippen LogP contribution is -2.08. The van der Waals surface area contributed by atoms with E-state index >= 15 is 0 Å². The van der Waals surface area contributed by atoms with Gasteiger partial charge < -0.3 is 19.2 Å².